The lowest BCUT2D eigenvalue weighted by atomic mass is 10.0. The van der Waals surface area contributed by atoms with Crippen LogP contribution in [0.5, 0.6) is 5.75 Å². The molecule has 0 aromatic carbocycles. The van der Waals surface area contributed by atoms with Gasteiger partial charge in [0.05, 0.1) is 19.0 Å². The molecule has 0 saturated carbocycles. The second-order valence-corrected chi connectivity index (χ2v) is 3.15. The van der Waals surface area contributed by atoms with E-state index in [0.29, 0.717) is 6.04 Å². The first-order valence-electron chi connectivity index (χ1n) is 4.56. The van der Waals surface area contributed by atoms with E-state index < -0.39 is 0 Å². The predicted molar refractivity (Wildman–Crippen MR) is 48.6 cm³/mol. The molecule has 2 heterocycles. The Morgan fingerprint density at radius 1 is 1.46 bits per heavy atom. The topological polar surface area (TPSA) is 47.0 Å². The summed E-state index contributed by atoms with van der Waals surface area (Å²) in [6, 6.07) is 0.657. The molecule has 1 aromatic rings. The lowest BCUT2D eigenvalue weighted by molar-refractivity contribution is 0.251. The van der Waals surface area contributed by atoms with Crippen molar-refractivity contribution in [1.29, 1.82) is 0 Å². The van der Waals surface area contributed by atoms with E-state index >= 15 is 0 Å². The molecular formula is C9H13N3O. The first-order chi connectivity index (χ1) is 6.45. The van der Waals surface area contributed by atoms with Crippen LogP contribution in [-0.2, 0) is 0 Å². The fraction of sp³-hybridized carbons (Fsp3) is 0.556. The fourth-order valence-electron chi connectivity index (χ4n) is 1.27. The van der Waals surface area contributed by atoms with E-state index in [0.717, 1.165) is 25.3 Å². The van der Waals surface area contributed by atoms with E-state index in [4.69, 9.17) is 4.74 Å². The molecule has 13 heavy (non-hydrogen) atoms. The van der Waals surface area contributed by atoms with E-state index in [1.54, 1.807) is 12.4 Å². The van der Waals surface area contributed by atoms with Crippen LogP contribution < -0.4 is 10.1 Å². The number of ether oxygens (including phenoxy) is 1. The van der Waals surface area contributed by atoms with Gasteiger partial charge in [-0.1, -0.05) is 0 Å². The number of nitrogens with one attached hydrogen (secondary N) is 1. The SMILES string of the molecule is c1ncc(OCCC2CCN2)cn1. The van der Waals surface area contributed by atoms with Crippen LogP contribution in [-0.4, -0.2) is 29.2 Å². The van der Waals surface area contributed by atoms with Gasteiger partial charge in [0.1, 0.15) is 6.33 Å². The summed E-state index contributed by atoms with van der Waals surface area (Å²) in [5.74, 6) is 0.752. The second-order valence-electron chi connectivity index (χ2n) is 3.15. The summed E-state index contributed by atoms with van der Waals surface area (Å²) in [7, 11) is 0. The number of aromatic nitrogens is 2. The average molecular weight is 179 g/mol. The summed E-state index contributed by atoms with van der Waals surface area (Å²) in [5, 5.41) is 3.32. The molecule has 0 amide bonds. The zero-order valence-corrected chi connectivity index (χ0v) is 7.44. The minimum absolute atomic E-state index is 0.657. The Morgan fingerprint density at radius 3 is 2.85 bits per heavy atom. The Bertz CT molecular complexity index is 248. The van der Waals surface area contributed by atoms with Crippen molar-refractivity contribution in [2.45, 2.75) is 18.9 Å². The van der Waals surface area contributed by atoms with Gasteiger partial charge in [0.15, 0.2) is 5.75 Å². The van der Waals surface area contributed by atoms with E-state index in [9.17, 15) is 0 Å². The van der Waals surface area contributed by atoms with Crippen molar-refractivity contribution in [2.24, 2.45) is 0 Å². The van der Waals surface area contributed by atoms with Crippen molar-refractivity contribution in [3.05, 3.63) is 18.7 Å². The average Bonchev–Trinajstić information content (AvgIpc) is 2.11. The van der Waals surface area contributed by atoms with Gasteiger partial charge in [-0.15, -0.1) is 0 Å². The summed E-state index contributed by atoms with van der Waals surface area (Å²) in [6.45, 7) is 1.89. The van der Waals surface area contributed by atoms with Crippen LogP contribution in [0.25, 0.3) is 0 Å². The molecule has 1 aliphatic heterocycles. The molecule has 1 N–H and O–H groups in total. The highest BCUT2D eigenvalue weighted by Gasteiger charge is 2.15. The summed E-state index contributed by atoms with van der Waals surface area (Å²) >= 11 is 0. The number of hydrogen-bond donors (Lipinski definition) is 1. The van der Waals surface area contributed by atoms with Crippen LogP contribution in [0.1, 0.15) is 12.8 Å². The van der Waals surface area contributed by atoms with Gasteiger partial charge >= 0.3 is 0 Å². The third-order valence-electron chi connectivity index (χ3n) is 2.20. The zero-order valence-electron chi connectivity index (χ0n) is 7.44. The third-order valence-corrected chi connectivity index (χ3v) is 2.20. The zero-order chi connectivity index (χ0) is 8.93. The third kappa shape index (κ3) is 2.39. The summed E-state index contributed by atoms with van der Waals surface area (Å²) in [5.41, 5.74) is 0. The Morgan fingerprint density at radius 2 is 2.23 bits per heavy atom. The lowest BCUT2D eigenvalue weighted by Crippen LogP contribution is -2.43. The first-order valence-corrected chi connectivity index (χ1v) is 4.56. The van der Waals surface area contributed by atoms with Gasteiger partial charge < -0.3 is 10.1 Å². The molecule has 4 heteroatoms. The maximum atomic E-state index is 5.45. The maximum Gasteiger partial charge on any atom is 0.155 e. The Labute approximate surface area is 77.4 Å². The van der Waals surface area contributed by atoms with Crippen LogP contribution >= 0.6 is 0 Å². The van der Waals surface area contributed by atoms with Crippen molar-refractivity contribution in [1.82, 2.24) is 15.3 Å². The van der Waals surface area contributed by atoms with Crippen LogP contribution in [0.2, 0.25) is 0 Å². The highest BCUT2D eigenvalue weighted by Crippen LogP contribution is 2.09. The maximum absolute atomic E-state index is 5.45. The minimum atomic E-state index is 0.657. The standard InChI is InChI=1S/C9H13N3O/c1-3-12-8(1)2-4-13-9-5-10-7-11-6-9/h5-8,12H,1-4H2. The Hall–Kier alpha value is -1.16. The van der Waals surface area contributed by atoms with Gasteiger partial charge in [0.2, 0.25) is 0 Å². The monoisotopic (exact) mass is 179 g/mol. The van der Waals surface area contributed by atoms with E-state index in [-0.39, 0.29) is 0 Å². The van der Waals surface area contributed by atoms with Gasteiger partial charge in [-0.05, 0) is 19.4 Å². The van der Waals surface area contributed by atoms with Crippen molar-refractivity contribution < 1.29 is 4.74 Å². The molecule has 1 unspecified atom stereocenters. The van der Waals surface area contributed by atoms with Gasteiger partial charge in [0.25, 0.3) is 0 Å². The van der Waals surface area contributed by atoms with E-state index in [1.165, 1.54) is 12.7 Å². The molecule has 1 fully saturated rings. The fourth-order valence-corrected chi connectivity index (χ4v) is 1.27. The molecule has 1 aliphatic rings. The molecule has 0 spiro atoms. The molecule has 0 aliphatic carbocycles. The Balaban J connectivity index is 1.67. The van der Waals surface area contributed by atoms with Crippen LogP contribution in [0.15, 0.2) is 18.7 Å². The van der Waals surface area contributed by atoms with Crippen molar-refractivity contribution in [3.63, 3.8) is 0 Å². The molecule has 0 bridgehead atoms. The van der Waals surface area contributed by atoms with Crippen LogP contribution in [0.4, 0.5) is 0 Å². The Kier molecular flexibility index (Phi) is 2.72. The molecule has 2 rings (SSSR count). The van der Waals surface area contributed by atoms with Gasteiger partial charge in [-0.3, -0.25) is 0 Å². The summed E-state index contributed by atoms with van der Waals surface area (Å²) in [6.07, 6.45) is 7.20. The second kappa shape index (κ2) is 4.18. The smallest absolute Gasteiger partial charge is 0.155 e. The van der Waals surface area contributed by atoms with Gasteiger partial charge in [0, 0.05) is 6.04 Å². The van der Waals surface area contributed by atoms with Crippen molar-refractivity contribution in [2.75, 3.05) is 13.2 Å². The molecule has 1 saturated heterocycles. The van der Waals surface area contributed by atoms with Crippen LogP contribution in [0.3, 0.4) is 0 Å². The highest BCUT2D eigenvalue weighted by atomic mass is 16.5. The molecule has 1 aromatic heterocycles. The number of rotatable bonds is 4. The lowest BCUT2D eigenvalue weighted by Gasteiger charge is -2.27. The summed E-state index contributed by atoms with van der Waals surface area (Å²) < 4.78 is 5.45. The molecule has 0 radical (unpaired) electrons. The minimum Gasteiger partial charge on any atom is -0.490 e. The van der Waals surface area contributed by atoms with E-state index in [1.807, 2.05) is 0 Å². The van der Waals surface area contributed by atoms with Gasteiger partial charge in [-0.2, -0.15) is 0 Å². The summed E-state index contributed by atoms with van der Waals surface area (Å²) in [4.78, 5) is 7.73. The predicted octanol–water partition coefficient (Wildman–Crippen LogP) is 0.607. The molecule has 70 valence electrons. The van der Waals surface area contributed by atoms with Gasteiger partial charge in [-0.25, -0.2) is 9.97 Å². The quantitative estimate of drug-likeness (QED) is 0.735. The van der Waals surface area contributed by atoms with E-state index in [2.05, 4.69) is 15.3 Å². The van der Waals surface area contributed by atoms with Crippen LogP contribution in [0, 0.1) is 0 Å². The number of nitrogens with zero attached hydrogens (tertiary/aromatic N) is 2. The first kappa shape index (κ1) is 8.44. The normalized spacial score (nSPS) is 20.8. The molecule has 4 nitrogen and oxygen atoms in total. The van der Waals surface area contributed by atoms with Crippen molar-refractivity contribution in [3.8, 4) is 5.75 Å². The molecule has 1 atom stereocenters. The largest absolute Gasteiger partial charge is 0.490 e. The molecular weight excluding hydrogens is 166 g/mol. The van der Waals surface area contributed by atoms with Crippen molar-refractivity contribution >= 4 is 0 Å². The number of hydrogen-bond acceptors (Lipinski definition) is 4. The highest BCUT2D eigenvalue weighted by molar-refractivity contribution is 5.09.